The van der Waals surface area contributed by atoms with Crippen LogP contribution in [0.15, 0.2) is 4.99 Å². The summed E-state index contributed by atoms with van der Waals surface area (Å²) in [7, 11) is 4.26. The fraction of sp³-hybridized carbons (Fsp3) is 0.929. The Morgan fingerprint density at radius 2 is 1.80 bits per heavy atom. The quantitative estimate of drug-likeness (QED) is 0.420. The molecule has 0 aromatic rings. The van der Waals surface area contributed by atoms with Crippen molar-refractivity contribution in [3.05, 3.63) is 0 Å². The maximum Gasteiger partial charge on any atom is 0.191 e. The minimum Gasteiger partial charge on any atom is -0.378 e. The molecule has 0 radical (unpaired) electrons. The van der Waals surface area contributed by atoms with Crippen molar-refractivity contribution in [2.45, 2.75) is 32.7 Å². The number of ether oxygens (including phenoxy) is 1. The molecule has 0 aromatic heterocycles. The first-order valence-corrected chi connectivity index (χ1v) is 7.39. The molecule has 5 nitrogen and oxygen atoms in total. The predicted octanol–water partition coefficient (Wildman–Crippen LogP) is 1.62. The number of rotatable bonds is 6. The van der Waals surface area contributed by atoms with Gasteiger partial charge in [0, 0.05) is 19.1 Å². The standard InChI is InChI=1S/C14H30N4O.HI/c1-5-12(6-2)13(17(3)4)11-16-14(15)18-7-9-19-10-8-18;/h12-13H,5-11H2,1-4H3,(H2,15,16);1H. The van der Waals surface area contributed by atoms with E-state index in [9.17, 15) is 0 Å². The Kier molecular flexibility index (Phi) is 10.6. The van der Waals surface area contributed by atoms with Crippen LogP contribution in [0.1, 0.15) is 26.7 Å². The van der Waals surface area contributed by atoms with Gasteiger partial charge in [-0.3, -0.25) is 4.99 Å². The average Bonchev–Trinajstić information content (AvgIpc) is 2.43. The Hall–Kier alpha value is -0.0800. The zero-order valence-corrected chi connectivity index (χ0v) is 15.7. The fourth-order valence-corrected chi connectivity index (χ4v) is 2.65. The van der Waals surface area contributed by atoms with Gasteiger partial charge in [-0.05, 0) is 20.0 Å². The summed E-state index contributed by atoms with van der Waals surface area (Å²) in [6.07, 6.45) is 2.37. The second-order valence-corrected chi connectivity index (χ2v) is 5.41. The smallest absolute Gasteiger partial charge is 0.191 e. The second-order valence-electron chi connectivity index (χ2n) is 5.41. The van der Waals surface area contributed by atoms with E-state index in [1.54, 1.807) is 0 Å². The van der Waals surface area contributed by atoms with Gasteiger partial charge in [0.1, 0.15) is 0 Å². The minimum absolute atomic E-state index is 0. The SMILES string of the molecule is CCC(CC)C(CN=C(N)N1CCOCC1)N(C)C.I. The molecule has 0 amide bonds. The number of nitrogens with two attached hydrogens (primary N) is 1. The van der Waals surface area contributed by atoms with Gasteiger partial charge in [0.05, 0.1) is 19.8 Å². The first-order valence-electron chi connectivity index (χ1n) is 7.39. The summed E-state index contributed by atoms with van der Waals surface area (Å²) in [4.78, 5) is 9.00. The summed E-state index contributed by atoms with van der Waals surface area (Å²) < 4.78 is 5.33. The number of aliphatic imine (C=N–C) groups is 1. The van der Waals surface area contributed by atoms with Crippen LogP contribution in [0, 0.1) is 5.92 Å². The molecule has 2 N–H and O–H groups in total. The van der Waals surface area contributed by atoms with Crippen molar-refractivity contribution >= 4 is 29.9 Å². The maximum absolute atomic E-state index is 6.08. The zero-order chi connectivity index (χ0) is 14.3. The third-order valence-corrected chi connectivity index (χ3v) is 4.03. The Morgan fingerprint density at radius 1 is 1.25 bits per heavy atom. The zero-order valence-electron chi connectivity index (χ0n) is 13.3. The first kappa shape index (κ1) is 19.9. The van der Waals surface area contributed by atoms with Crippen molar-refractivity contribution in [1.29, 1.82) is 0 Å². The van der Waals surface area contributed by atoms with Gasteiger partial charge >= 0.3 is 0 Å². The number of nitrogens with zero attached hydrogens (tertiary/aromatic N) is 3. The highest BCUT2D eigenvalue weighted by molar-refractivity contribution is 14.0. The largest absolute Gasteiger partial charge is 0.378 e. The van der Waals surface area contributed by atoms with Crippen LogP contribution in [0.2, 0.25) is 0 Å². The monoisotopic (exact) mass is 398 g/mol. The highest BCUT2D eigenvalue weighted by atomic mass is 127. The minimum atomic E-state index is 0. The Labute approximate surface area is 140 Å². The van der Waals surface area contributed by atoms with Crippen LogP contribution < -0.4 is 5.73 Å². The van der Waals surface area contributed by atoms with Crippen molar-refractivity contribution in [1.82, 2.24) is 9.80 Å². The summed E-state index contributed by atoms with van der Waals surface area (Å²) in [5.74, 6) is 1.34. The summed E-state index contributed by atoms with van der Waals surface area (Å²) >= 11 is 0. The molecule has 1 unspecified atom stereocenters. The number of halogens is 1. The Balaban J connectivity index is 0.00000361. The van der Waals surface area contributed by atoms with Gasteiger partial charge in [-0.25, -0.2) is 0 Å². The van der Waals surface area contributed by atoms with Crippen molar-refractivity contribution in [3.8, 4) is 0 Å². The number of guanidine groups is 1. The molecule has 0 spiro atoms. The van der Waals surface area contributed by atoms with Gasteiger partial charge < -0.3 is 20.3 Å². The highest BCUT2D eigenvalue weighted by Crippen LogP contribution is 2.17. The molecule has 20 heavy (non-hydrogen) atoms. The van der Waals surface area contributed by atoms with E-state index in [-0.39, 0.29) is 24.0 Å². The van der Waals surface area contributed by atoms with E-state index in [0.717, 1.165) is 32.8 Å². The molecule has 6 heteroatoms. The van der Waals surface area contributed by atoms with Crippen LogP contribution in [0.3, 0.4) is 0 Å². The molecular weight excluding hydrogens is 367 g/mol. The topological polar surface area (TPSA) is 54.1 Å². The molecule has 1 fully saturated rings. The van der Waals surface area contributed by atoms with E-state index < -0.39 is 0 Å². The number of hydrogen-bond acceptors (Lipinski definition) is 3. The summed E-state index contributed by atoms with van der Waals surface area (Å²) in [6.45, 7) is 8.49. The van der Waals surface area contributed by atoms with E-state index >= 15 is 0 Å². The molecule has 120 valence electrons. The normalized spacial score (nSPS) is 18.3. The van der Waals surface area contributed by atoms with E-state index in [4.69, 9.17) is 10.5 Å². The van der Waals surface area contributed by atoms with E-state index in [1.165, 1.54) is 12.8 Å². The van der Waals surface area contributed by atoms with Crippen molar-refractivity contribution in [2.75, 3.05) is 46.9 Å². The molecular formula is C14H31IN4O. The number of hydrogen-bond donors (Lipinski definition) is 1. The lowest BCUT2D eigenvalue weighted by Gasteiger charge is -2.31. The third kappa shape index (κ3) is 6.13. The molecule has 1 aliphatic heterocycles. The second kappa shape index (κ2) is 10.6. The molecule has 1 rings (SSSR count). The van der Waals surface area contributed by atoms with Gasteiger partial charge in [0.15, 0.2) is 5.96 Å². The summed E-state index contributed by atoms with van der Waals surface area (Å²) in [5, 5.41) is 0. The van der Waals surface area contributed by atoms with Crippen LogP contribution in [0.5, 0.6) is 0 Å². The van der Waals surface area contributed by atoms with Gasteiger partial charge in [-0.2, -0.15) is 0 Å². The lowest BCUT2D eigenvalue weighted by Crippen LogP contribution is -2.46. The van der Waals surface area contributed by atoms with Crippen LogP contribution in [-0.2, 0) is 4.74 Å². The van der Waals surface area contributed by atoms with Gasteiger partial charge in [-0.1, -0.05) is 26.7 Å². The molecule has 1 aliphatic rings. The molecule has 0 aromatic carbocycles. The van der Waals surface area contributed by atoms with Gasteiger partial charge in [-0.15, -0.1) is 24.0 Å². The maximum atomic E-state index is 6.08. The Bertz CT molecular complexity index is 276. The molecule has 1 atom stereocenters. The summed E-state index contributed by atoms with van der Waals surface area (Å²) in [6, 6.07) is 0.467. The van der Waals surface area contributed by atoms with Crippen LogP contribution in [0.4, 0.5) is 0 Å². The fourth-order valence-electron chi connectivity index (χ4n) is 2.65. The van der Waals surface area contributed by atoms with Crippen LogP contribution in [-0.4, -0.2) is 68.7 Å². The number of morpholine rings is 1. The highest BCUT2D eigenvalue weighted by Gasteiger charge is 2.21. The van der Waals surface area contributed by atoms with E-state index in [1.807, 2.05) is 0 Å². The predicted molar refractivity (Wildman–Crippen MR) is 95.8 cm³/mol. The molecule has 0 bridgehead atoms. The van der Waals surface area contributed by atoms with Gasteiger partial charge in [0.2, 0.25) is 0 Å². The summed E-state index contributed by atoms with van der Waals surface area (Å²) in [5.41, 5.74) is 6.08. The van der Waals surface area contributed by atoms with Crippen molar-refractivity contribution in [2.24, 2.45) is 16.6 Å². The molecule has 0 saturated carbocycles. The van der Waals surface area contributed by atoms with Crippen molar-refractivity contribution < 1.29 is 4.74 Å². The van der Waals surface area contributed by atoms with E-state index in [2.05, 4.69) is 42.7 Å². The lowest BCUT2D eigenvalue weighted by molar-refractivity contribution is 0.0673. The third-order valence-electron chi connectivity index (χ3n) is 4.03. The Morgan fingerprint density at radius 3 is 2.25 bits per heavy atom. The van der Waals surface area contributed by atoms with Crippen LogP contribution >= 0.6 is 24.0 Å². The molecule has 0 aliphatic carbocycles. The molecule has 1 heterocycles. The van der Waals surface area contributed by atoms with Crippen LogP contribution in [0.25, 0.3) is 0 Å². The van der Waals surface area contributed by atoms with E-state index in [0.29, 0.717) is 17.9 Å². The van der Waals surface area contributed by atoms with Gasteiger partial charge in [0.25, 0.3) is 0 Å². The first-order chi connectivity index (χ1) is 9.10. The average molecular weight is 398 g/mol. The lowest BCUT2D eigenvalue weighted by atomic mass is 9.93. The molecule has 1 saturated heterocycles. The number of likely N-dealkylation sites (N-methyl/N-ethyl adjacent to an activating group) is 1. The van der Waals surface area contributed by atoms with Crippen molar-refractivity contribution in [3.63, 3.8) is 0 Å².